The minimum absolute atomic E-state index is 0. The van der Waals surface area contributed by atoms with Gasteiger partial charge in [-0.2, -0.15) is 0 Å². The van der Waals surface area contributed by atoms with Crippen molar-refractivity contribution in [2.24, 2.45) is 5.73 Å². The smallest absolute Gasteiger partial charge is 0.320 e. The van der Waals surface area contributed by atoms with Gasteiger partial charge in [-0.3, -0.25) is 4.79 Å². The molecule has 1 atom stereocenters. The maximum absolute atomic E-state index is 12.2. The van der Waals surface area contributed by atoms with Gasteiger partial charge in [0.05, 0.1) is 6.04 Å². The van der Waals surface area contributed by atoms with Crippen LogP contribution in [0.5, 0.6) is 0 Å². The molecule has 0 spiro atoms. The molecule has 0 aromatic carbocycles. The van der Waals surface area contributed by atoms with Gasteiger partial charge in [-0.15, -0.1) is 12.4 Å². The van der Waals surface area contributed by atoms with Crippen LogP contribution in [0.15, 0.2) is 0 Å². The average Bonchev–Trinajstić information content (AvgIpc) is 2.47. The van der Waals surface area contributed by atoms with Crippen LogP contribution in [0, 0.1) is 0 Å². The predicted molar refractivity (Wildman–Crippen MR) is 82.0 cm³/mol. The summed E-state index contributed by atoms with van der Waals surface area (Å²) in [4.78, 5) is 29.5. The lowest BCUT2D eigenvalue weighted by atomic mass is 10.2. The maximum Gasteiger partial charge on any atom is 0.320 e. The second kappa shape index (κ2) is 9.02. The number of nitrogens with two attached hydrogens (primary N) is 1. The lowest BCUT2D eigenvalue weighted by molar-refractivity contribution is -0.134. The Balaban J connectivity index is 0.00000361. The SMILES string of the molecule is CC[C@H](N)C(=O)N1CCN(C(=O)N(CC)CC)CC1.Cl. The van der Waals surface area contributed by atoms with Crippen molar-refractivity contribution in [3.63, 3.8) is 0 Å². The molecule has 1 fully saturated rings. The van der Waals surface area contributed by atoms with Crippen LogP contribution in [0.4, 0.5) is 4.79 Å². The van der Waals surface area contributed by atoms with E-state index in [-0.39, 0.29) is 24.3 Å². The first kappa shape index (κ1) is 19.0. The summed E-state index contributed by atoms with van der Waals surface area (Å²) in [6, 6.07) is -0.345. The van der Waals surface area contributed by atoms with E-state index in [1.54, 1.807) is 9.80 Å². The first-order valence-corrected chi connectivity index (χ1v) is 7.13. The van der Waals surface area contributed by atoms with Gasteiger partial charge in [-0.1, -0.05) is 6.92 Å². The van der Waals surface area contributed by atoms with E-state index in [1.165, 1.54) is 0 Å². The normalized spacial score (nSPS) is 16.4. The van der Waals surface area contributed by atoms with Gasteiger partial charge in [0.15, 0.2) is 0 Å². The molecule has 1 aliphatic rings. The molecule has 1 heterocycles. The van der Waals surface area contributed by atoms with E-state index >= 15 is 0 Å². The van der Waals surface area contributed by atoms with Gasteiger partial charge < -0.3 is 20.4 Å². The maximum atomic E-state index is 12.2. The molecule has 1 rings (SSSR count). The number of halogens is 1. The molecule has 20 heavy (non-hydrogen) atoms. The predicted octanol–water partition coefficient (Wildman–Crippen LogP) is 0.752. The lowest BCUT2D eigenvalue weighted by Gasteiger charge is -2.37. The summed E-state index contributed by atoms with van der Waals surface area (Å²) in [5.74, 6) is -0.00237. The van der Waals surface area contributed by atoms with E-state index in [9.17, 15) is 9.59 Å². The van der Waals surface area contributed by atoms with Gasteiger partial charge in [0, 0.05) is 39.3 Å². The Labute approximate surface area is 127 Å². The number of piperazine rings is 1. The average molecular weight is 307 g/mol. The number of nitrogens with zero attached hydrogens (tertiary/aromatic N) is 3. The summed E-state index contributed by atoms with van der Waals surface area (Å²) in [6.45, 7) is 9.64. The minimum atomic E-state index is -0.412. The molecule has 3 amide bonds. The summed E-state index contributed by atoms with van der Waals surface area (Å²) in [5, 5.41) is 0. The third-order valence-corrected chi connectivity index (χ3v) is 3.65. The molecule has 0 unspecified atom stereocenters. The molecule has 0 saturated carbocycles. The van der Waals surface area contributed by atoms with Crippen LogP contribution >= 0.6 is 12.4 Å². The molecular weight excluding hydrogens is 280 g/mol. The molecule has 1 aliphatic heterocycles. The molecule has 0 aliphatic carbocycles. The van der Waals surface area contributed by atoms with Gasteiger partial charge in [0.2, 0.25) is 5.91 Å². The van der Waals surface area contributed by atoms with Crippen LogP contribution < -0.4 is 5.73 Å². The number of hydrogen-bond acceptors (Lipinski definition) is 3. The highest BCUT2D eigenvalue weighted by molar-refractivity contribution is 5.85. The zero-order valence-corrected chi connectivity index (χ0v) is 13.5. The van der Waals surface area contributed by atoms with E-state index in [0.717, 1.165) is 13.1 Å². The molecule has 0 radical (unpaired) electrons. The second-order valence-electron chi connectivity index (χ2n) is 4.78. The third-order valence-electron chi connectivity index (χ3n) is 3.65. The molecule has 0 bridgehead atoms. The van der Waals surface area contributed by atoms with Crippen LogP contribution in [0.2, 0.25) is 0 Å². The van der Waals surface area contributed by atoms with E-state index in [0.29, 0.717) is 32.6 Å². The van der Waals surface area contributed by atoms with Crippen LogP contribution in [0.3, 0.4) is 0 Å². The Bertz CT molecular complexity index is 315. The third kappa shape index (κ3) is 4.52. The van der Waals surface area contributed by atoms with Crippen molar-refractivity contribution < 1.29 is 9.59 Å². The molecule has 6 nitrogen and oxygen atoms in total. The summed E-state index contributed by atoms with van der Waals surface area (Å²) in [5.41, 5.74) is 5.75. The molecule has 2 N–H and O–H groups in total. The van der Waals surface area contributed by atoms with Crippen molar-refractivity contribution >= 4 is 24.3 Å². The Morgan fingerprint density at radius 2 is 1.50 bits per heavy atom. The van der Waals surface area contributed by atoms with Crippen molar-refractivity contribution in [3.8, 4) is 0 Å². The first-order valence-electron chi connectivity index (χ1n) is 7.13. The largest absolute Gasteiger partial charge is 0.338 e. The summed E-state index contributed by atoms with van der Waals surface area (Å²) in [7, 11) is 0. The number of hydrogen-bond donors (Lipinski definition) is 1. The van der Waals surface area contributed by atoms with Crippen molar-refractivity contribution in [2.45, 2.75) is 33.2 Å². The molecule has 1 saturated heterocycles. The standard InChI is InChI=1S/C13H26N4O2.ClH/c1-4-11(14)12(18)16-7-9-17(10-8-16)13(19)15(5-2)6-3;/h11H,4-10,14H2,1-3H3;1H/t11-;/m0./s1. The Morgan fingerprint density at radius 3 is 1.90 bits per heavy atom. The summed E-state index contributed by atoms with van der Waals surface area (Å²) >= 11 is 0. The van der Waals surface area contributed by atoms with Crippen LogP contribution in [-0.4, -0.2) is 71.9 Å². The zero-order valence-electron chi connectivity index (χ0n) is 12.7. The van der Waals surface area contributed by atoms with Gasteiger partial charge in [-0.25, -0.2) is 4.79 Å². The van der Waals surface area contributed by atoms with Crippen molar-refractivity contribution in [1.82, 2.24) is 14.7 Å². The molecular formula is C13H27ClN4O2. The Kier molecular flexibility index (Phi) is 8.57. The molecule has 118 valence electrons. The summed E-state index contributed by atoms with van der Waals surface area (Å²) < 4.78 is 0. The highest BCUT2D eigenvalue weighted by Crippen LogP contribution is 2.07. The fourth-order valence-electron chi connectivity index (χ4n) is 2.22. The van der Waals surface area contributed by atoms with Gasteiger partial charge in [0.25, 0.3) is 0 Å². The van der Waals surface area contributed by atoms with E-state index in [2.05, 4.69) is 0 Å². The van der Waals surface area contributed by atoms with Gasteiger partial charge in [0.1, 0.15) is 0 Å². The van der Waals surface area contributed by atoms with Gasteiger partial charge >= 0.3 is 6.03 Å². The molecule has 7 heteroatoms. The highest BCUT2D eigenvalue weighted by atomic mass is 35.5. The van der Waals surface area contributed by atoms with E-state index < -0.39 is 6.04 Å². The Hall–Kier alpha value is -1.01. The molecule has 0 aromatic heterocycles. The number of carbonyl (C=O) groups is 2. The zero-order chi connectivity index (χ0) is 14.4. The number of urea groups is 1. The second-order valence-corrected chi connectivity index (χ2v) is 4.78. The molecule has 0 aromatic rings. The van der Waals surface area contributed by atoms with E-state index in [4.69, 9.17) is 5.73 Å². The number of carbonyl (C=O) groups excluding carboxylic acids is 2. The number of rotatable bonds is 4. The fourth-order valence-corrected chi connectivity index (χ4v) is 2.22. The monoisotopic (exact) mass is 306 g/mol. The lowest BCUT2D eigenvalue weighted by Crippen LogP contribution is -2.56. The first-order chi connectivity index (χ1) is 9.04. The fraction of sp³-hybridized carbons (Fsp3) is 0.846. The van der Waals surface area contributed by atoms with Crippen LogP contribution in [-0.2, 0) is 4.79 Å². The Morgan fingerprint density at radius 1 is 1.05 bits per heavy atom. The summed E-state index contributed by atoms with van der Waals surface area (Å²) in [6.07, 6.45) is 0.650. The topological polar surface area (TPSA) is 69.9 Å². The van der Waals surface area contributed by atoms with Gasteiger partial charge in [-0.05, 0) is 20.3 Å². The minimum Gasteiger partial charge on any atom is -0.338 e. The van der Waals surface area contributed by atoms with E-state index in [1.807, 2.05) is 25.7 Å². The van der Waals surface area contributed by atoms with Crippen molar-refractivity contribution in [2.75, 3.05) is 39.3 Å². The van der Waals surface area contributed by atoms with Crippen LogP contribution in [0.1, 0.15) is 27.2 Å². The van der Waals surface area contributed by atoms with Crippen molar-refractivity contribution in [1.29, 1.82) is 0 Å². The quantitative estimate of drug-likeness (QED) is 0.833. The van der Waals surface area contributed by atoms with Crippen molar-refractivity contribution in [3.05, 3.63) is 0 Å². The van der Waals surface area contributed by atoms with Crippen LogP contribution in [0.25, 0.3) is 0 Å². The number of amides is 3. The highest BCUT2D eigenvalue weighted by Gasteiger charge is 2.27.